The van der Waals surface area contributed by atoms with Gasteiger partial charge in [0.15, 0.2) is 0 Å². The van der Waals surface area contributed by atoms with Crippen molar-refractivity contribution in [2.75, 3.05) is 27.2 Å². The van der Waals surface area contributed by atoms with E-state index in [1.807, 2.05) is 0 Å². The number of benzene rings is 1. The molecule has 0 aromatic heterocycles. The molecular weight excluding hydrogens is 304 g/mol. The van der Waals surface area contributed by atoms with E-state index in [9.17, 15) is 13.2 Å². The molecule has 112 valence electrons. The average Bonchev–Trinajstić information content (AvgIpc) is 2.42. The average molecular weight is 321 g/mol. The number of halogens is 1. The number of esters is 1. The van der Waals surface area contributed by atoms with Gasteiger partial charge in [0.1, 0.15) is 0 Å². The molecule has 0 amide bonds. The highest BCUT2D eigenvalue weighted by molar-refractivity contribution is 7.89. The van der Waals surface area contributed by atoms with Crippen LogP contribution in [-0.4, -0.2) is 41.6 Å². The molecule has 0 fully saturated rings. The van der Waals surface area contributed by atoms with Crippen molar-refractivity contribution in [1.29, 1.82) is 0 Å². The summed E-state index contributed by atoms with van der Waals surface area (Å²) < 4.78 is 31.4. The van der Waals surface area contributed by atoms with Gasteiger partial charge in [0.2, 0.25) is 10.0 Å². The Kier molecular flexibility index (Phi) is 6.41. The lowest BCUT2D eigenvalue weighted by atomic mass is 10.2. The molecule has 1 rings (SSSR count). The molecule has 0 bridgehead atoms. The zero-order valence-corrected chi connectivity index (χ0v) is 12.8. The Bertz CT molecular complexity index is 575. The van der Waals surface area contributed by atoms with Crippen molar-refractivity contribution in [3.8, 4) is 0 Å². The summed E-state index contributed by atoms with van der Waals surface area (Å²) in [5, 5.41) is 3.14. The third kappa shape index (κ3) is 4.45. The summed E-state index contributed by atoms with van der Waals surface area (Å²) in [5.41, 5.74) is -0.0435. The topological polar surface area (TPSA) is 84.5 Å². The molecule has 0 atom stereocenters. The van der Waals surface area contributed by atoms with E-state index in [-0.39, 0.29) is 22.0 Å². The van der Waals surface area contributed by atoms with E-state index in [4.69, 9.17) is 11.6 Å². The number of ether oxygens (including phenoxy) is 1. The normalized spacial score (nSPS) is 11.3. The van der Waals surface area contributed by atoms with Crippen molar-refractivity contribution in [3.05, 3.63) is 28.8 Å². The number of sulfonamides is 1. The Labute approximate surface area is 123 Å². The highest BCUT2D eigenvalue weighted by Gasteiger charge is 2.23. The molecule has 0 aliphatic rings. The van der Waals surface area contributed by atoms with Crippen LogP contribution in [-0.2, 0) is 14.8 Å². The predicted molar refractivity (Wildman–Crippen MR) is 76.5 cm³/mol. The van der Waals surface area contributed by atoms with E-state index in [0.717, 1.165) is 0 Å². The molecule has 0 radical (unpaired) electrons. The number of carbonyl (C=O) groups is 1. The first-order valence-corrected chi connectivity index (χ1v) is 7.80. The van der Waals surface area contributed by atoms with Crippen molar-refractivity contribution in [2.24, 2.45) is 0 Å². The second-order valence-corrected chi connectivity index (χ2v) is 6.16. The molecule has 0 saturated heterocycles. The summed E-state index contributed by atoms with van der Waals surface area (Å²) in [7, 11) is -0.845. The van der Waals surface area contributed by atoms with Crippen molar-refractivity contribution in [1.82, 2.24) is 10.0 Å². The fraction of sp³-hybridized carbons (Fsp3) is 0.417. The van der Waals surface area contributed by atoms with Crippen molar-refractivity contribution >= 4 is 27.6 Å². The van der Waals surface area contributed by atoms with Gasteiger partial charge in [-0.05, 0) is 38.2 Å². The lowest BCUT2D eigenvalue weighted by Crippen LogP contribution is -2.28. The monoisotopic (exact) mass is 320 g/mol. The van der Waals surface area contributed by atoms with Gasteiger partial charge in [-0.3, -0.25) is 0 Å². The smallest absolute Gasteiger partial charge is 0.339 e. The Morgan fingerprint density at radius 2 is 2.05 bits per heavy atom. The molecule has 8 heteroatoms. The van der Waals surface area contributed by atoms with Crippen LogP contribution in [0.3, 0.4) is 0 Å². The second kappa shape index (κ2) is 7.58. The number of methoxy groups -OCH3 is 1. The minimum Gasteiger partial charge on any atom is -0.465 e. The molecule has 6 nitrogen and oxygen atoms in total. The van der Waals surface area contributed by atoms with Crippen molar-refractivity contribution < 1.29 is 17.9 Å². The van der Waals surface area contributed by atoms with Gasteiger partial charge in [-0.2, -0.15) is 0 Å². The maximum absolute atomic E-state index is 12.2. The van der Waals surface area contributed by atoms with E-state index >= 15 is 0 Å². The van der Waals surface area contributed by atoms with Gasteiger partial charge < -0.3 is 10.1 Å². The Hall–Kier alpha value is -1.15. The van der Waals surface area contributed by atoms with Crippen LogP contribution in [0.1, 0.15) is 16.8 Å². The van der Waals surface area contributed by atoms with Crippen LogP contribution in [0.4, 0.5) is 0 Å². The van der Waals surface area contributed by atoms with Crippen LogP contribution in [0.2, 0.25) is 5.02 Å². The second-order valence-electron chi connectivity index (χ2n) is 3.99. The minimum atomic E-state index is -3.81. The van der Waals surface area contributed by atoms with Gasteiger partial charge in [0.05, 0.1) is 17.6 Å². The summed E-state index contributed by atoms with van der Waals surface area (Å²) in [6, 6.07) is 4.00. The van der Waals surface area contributed by atoms with E-state index in [1.165, 1.54) is 25.3 Å². The van der Waals surface area contributed by atoms with E-state index in [2.05, 4.69) is 14.8 Å². The van der Waals surface area contributed by atoms with E-state index < -0.39 is 16.0 Å². The Balaban J connectivity index is 3.03. The first-order chi connectivity index (χ1) is 9.42. The summed E-state index contributed by atoms with van der Waals surface area (Å²) in [5.74, 6) is -0.725. The molecule has 1 aromatic carbocycles. The van der Waals surface area contributed by atoms with E-state index in [1.54, 1.807) is 7.05 Å². The standard InChI is InChI=1S/C12H17ClN2O4S/c1-14-6-3-7-15-20(17,18)11-8-9(13)4-5-10(11)12(16)19-2/h4-5,8,14-15H,3,6-7H2,1-2H3. The lowest BCUT2D eigenvalue weighted by molar-refractivity contribution is 0.0596. The fourth-order valence-corrected chi connectivity index (χ4v) is 3.07. The fourth-order valence-electron chi connectivity index (χ4n) is 1.55. The molecule has 20 heavy (non-hydrogen) atoms. The number of hydrogen-bond acceptors (Lipinski definition) is 5. The molecule has 1 aromatic rings. The SMILES string of the molecule is CNCCCNS(=O)(=O)c1cc(Cl)ccc1C(=O)OC. The van der Waals surface area contributed by atoms with Crippen LogP contribution >= 0.6 is 11.6 Å². The third-order valence-corrected chi connectivity index (χ3v) is 4.27. The summed E-state index contributed by atoms with van der Waals surface area (Å²) in [6.07, 6.45) is 0.629. The lowest BCUT2D eigenvalue weighted by Gasteiger charge is -2.10. The Morgan fingerprint density at radius 1 is 1.35 bits per heavy atom. The van der Waals surface area contributed by atoms with Crippen LogP contribution in [0.25, 0.3) is 0 Å². The van der Waals surface area contributed by atoms with Gasteiger partial charge in [-0.1, -0.05) is 11.6 Å². The highest BCUT2D eigenvalue weighted by atomic mass is 35.5. The van der Waals surface area contributed by atoms with Gasteiger partial charge >= 0.3 is 5.97 Å². The largest absolute Gasteiger partial charge is 0.465 e. The minimum absolute atomic E-state index is 0.0435. The summed E-state index contributed by atoms with van der Waals surface area (Å²) >= 11 is 5.80. The van der Waals surface area contributed by atoms with E-state index in [0.29, 0.717) is 13.0 Å². The predicted octanol–water partition coefficient (Wildman–Crippen LogP) is 1.01. The van der Waals surface area contributed by atoms with Crippen LogP contribution in [0, 0.1) is 0 Å². The third-order valence-electron chi connectivity index (χ3n) is 2.53. The molecule has 0 heterocycles. The summed E-state index contributed by atoms with van der Waals surface area (Å²) in [6.45, 7) is 0.943. The van der Waals surface area contributed by atoms with Crippen molar-refractivity contribution in [2.45, 2.75) is 11.3 Å². The number of rotatable bonds is 7. The Morgan fingerprint density at radius 3 is 2.65 bits per heavy atom. The van der Waals surface area contributed by atoms with Crippen LogP contribution in [0.5, 0.6) is 0 Å². The quantitative estimate of drug-likeness (QED) is 0.578. The number of nitrogens with one attached hydrogen (secondary N) is 2. The molecule has 0 aliphatic heterocycles. The molecule has 0 unspecified atom stereocenters. The highest BCUT2D eigenvalue weighted by Crippen LogP contribution is 2.21. The first-order valence-electron chi connectivity index (χ1n) is 5.94. The molecule has 0 saturated carbocycles. The van der Waals surface area contributed by atoms with Crippen LogP contribution in [0.15, 0.2) is 23.1 Å². The molecule has 0 spiro atoms. The number of hydrogen-bond donors (Lipinski definition) is 2. The van der Waals surface area contributed by atoms with Gasteiger partial charge in [0.25, 0.3) is 0 Å². The van der Waals surface area contributed by atoms with Gasteiger partial charge in [0, 0.05) is 11.6 Å². The molecule has 0 aliphatic carbocycles. The van der Waals surface area contributed by atoms with Gasteiger partial charge in [-0.25, -0.2) is 17.9 Å². The maximum Gasteiger partial charge on any atom is 0.339 e. The first kappa shape index (κ1) is 16.9. The maximum atomic E-state index is 12.2. The van der Waals surface area contributed by atoms with Crippen molar-refractivity contribution in [3.63, 3.8) is 0 Å². The zero-order chi connectivity index (χ0) is 15.2. The van der Waals surface area contributed by atoms with Crippen LogP contribution < -0.4 is 10.0 Å². The zero-order valence-electron chi connectivity index (χ0n) is 11.3. The van der Waals surface area contributed by atoms with Gasteiger partial charge in [-0.15, -0.1) is 0 Å². The molecule has 2 N–H and O–H groups in total. The molecular formula is C12H17ClN2O4S. The number of carbonyl (C=O) groups excluding carboxylic acids is 1. The summed E-state index contributed by atoms with van der Waals surface area (Å²) in [4.78, 5) is 11.4.